The molecule has 1 saturated heterocycles. The lowest BCUT2D eigenvalue weighted by Gasteiger charge is -2.25. The van der Waals surface area contributed by atoms with E-state index in [1.54, 1.807) is 0 Å². The van der Waals surface area contributed by atoms with Gasteiger partial charge in [-0.05, 0) is 30.5 Å². The molecule has 96 valence electrons. The summed E-state index contributed by atoms with van der Waals surface area (Å²) in [5.74, 6) is 0.297. The number of benzene rings is 1. The van der Waals surface area contributed by atoms with E-state index in [1.165, 1.54) is 24.0 Å². The Kier molecular flexibility index (Phi) is 3.33. The second-order valence-electron chi connectivity index (χ2n) is 5.37. The van der Waals surface area contributed by atoms with Gasteiger partial charge in [-0.15, -0.1) is 0 Å². The predicted molar refractivity (Wildman–Crippen MR) is 71.0 cm³/mol. The largest absolute Gasteiger partial charge is 0.334 e. The van der Waals surface area contributed by atoms with Crippen molar-refractivity contribution in [3.63, 3.8) is 0 Å². The Labute approximate surface area is 108 Å². The number of hydrogen-bond donors (Lipinski definition) is 1. The number of rotatable bonds is 2. The van der Waals surface area contributed by atoms with Crippen molar-refractivity contribution in [2.75, 3.05) is 6.54 Å². The van der Waals surface area contributed by atoms with Gasteiger partial charge in [0.15, 0.2) is 0 Å². The van der Waals surface area contributed by atoms with Crippen LogP contribution in [0.2, 0.25) is 0 Å². The maximum Gasteiger partial charge on any atom is 0.224 e. The molecule has 1 atom stereocenters. The minimum absolute atomic E-state index is 0.297. The van der Waals surface area contributed by atoms with Crippen LogP contribution in [0.25, 0.3) is 0 Å². The van der Waals surface area contributed by atoms with Crippen molar-refractivity contribution in [1.29, 1.82) is 0 Å². The summed E-state index contributed by atoms with van der Waals surface area (Å²) >= 11 is 0. The summed E-state index contributed by atoms with van der Waals surface area (Å²) in [6, 6.07) is 8.75. The van der Waals surface area contributed by atoms with Crippen molar-refractivity contribution in [3.05, 3.63) is 35.4 Å². The number of piperidine rings is 1. The van der Waals surface area contributed by atoms with Crippen LogP contribution in [0.3, 0.4) is 0 Å². The zero-order valence-corrected chi connectivity index (χ0v) is 10.7. The molecular formula is C15H20N2O. The van der Waals surface area contributed by atoms with E-state index in [0.29, 0.717) is 18.4 Å². The summed E-state index contributed by atoms with van der Waals surface area (Å²) in [4.78, 5) is 14.3. The van der Waals surface area contributed by atoms with Crippen LogP contribution in [0.5, 0.6) is 0 Å². The molecule has 2 aliphatic heterocycles. The fourth-order valence-electron chi connectivity index (χ4n) is 2.95. The van der Waals surface area contributed by atoms with Crippen molar-refractivity contribution < 1.29 is 4.79 Å². The monoisotopic (exact) mass is 244 g/mol. The lowest BCUT2D eigenvalue weighted by molar-refractivity contribution is -0.132. The number of nitrogens with zero attached hydrogens (tertiary/aromatic N) is 1. The third kappa shape index (κ3) is 2.41. The van der Waals surface area contributed by atoms with Gasteiger partial charge in [0.2, 0.25) is 5.91 Å². The molecule has 0 bridgehead atoms. The standard InChI is InChI=1S/C15H20N2O/c18-15(9-14-7-3-4-8-16-14)17-10-12-5-1-2-6-13(12)11-17/h1-2,5-6,14,16H,3-4,7-11H2. The number of fused-ring (bicyclic) bond motifs is 1. The molecule has 0 saturated carbocycles. The van der Waals surface area contributed by atoms with Crippen LogP contribution >= 0.6 is 0 Å². The molecule has 1 N–H and O–H groups in total. The Morgan fingerprint density at radius 2 is 1.94 bits per heavy atom. The van der Waals surface area contributed by atoms with Gasteiger partial charge in [-0.3, -0.25) is 4.79 Å². The molecule has 3 rings (SSSR count). The summed E-state index contributed by atoms with van der Waals surface area (Å²) in [5, 5.41) is 3.45. The third-order valence-electron chi connectivity index (χ3n) is 4.03. The van der Waals surface area contributed by atoms with Gasteiger partial charge in [0.05, 0.1) is 0 Å². The molecule has 0 spiro atoms. The number of carbonyl (C=O) groups is 1. The van der Waals surface area contributed by atoms with Gasteiger partial charge >= 0.3 is 0 Å². The van der Waals surface area contributed by atoms with Gasteiger partial charge in [-0.2, -0.15) is 0 Å². The van der Waals surface area contributed by atoms with Crippen molar-refractivity contribution >= 4 is 5.91 Å². The Bertz CT molecular complexity index is 413. The summed E-state index contributed by atoms with van der Waals surface area (Å²) in [5.41, 5.74) is 2.62. The van der Waals surface area contributed by atoms with Crippen molar-refractivity contribution in [3.8, 4) is 0 Å². The lowest BCUT2D eigenvalue weighted by atomic mass is 10.0. The smallest absolute Gasteiger partial charge is 0.224 e. The van der Waals surface area contributed by atoms with Crippen LogP contribution in [0.15, 0.2) is 24.3 Å². The van der Waals surface area contributed by atoms with E-state index >= 15 is 0 Å². The zero-order chi connectivity index (χ0) is 12.4. The first-order valence-electron chi connectivity index (χ1n) is 6.91. The van der Waals surface area contributed by atoms with Crippen LogP contribution in [0, 0.1) is 0 Å². The van der Waals surface area contributed by atoms with Crippen LogP contribution in [0.4, 0.5) is 0 Å². The summed E-state index contributed by atoms with van der Waals surface area (Å²) in [6.45, 7) is 2.65. The molecule has 3 nitrogen and oxygen atoms in total. The SMILES string of the molecule is O=C(CC1CCCCN1)N1Cc2ccccc2C1. The molecule has 1 unspecified atom stereocenters. The van der Waals surface area contributed by atoms with E-state index < -0.39 is 0 Å². The average molecular weight is 244 g/mol. The molecule has 1 amide bonds. The molecule has 1 fully saturated rings. The van der Waals surface area contributed by atoms with E-state index in [-0.39, 0.29) is 0 Å². The first-order chi connectivity index (χ1) is 8.83. The Hall–Kier alpha value is -1.35. The molecule has 3 heteroatoms. The Balaban J connectivity index is 1.58. The number of amides is 1. The van der Waals surface area contributed by atoms with Crippen LogP contribution in [-0.4, -0.2) is 23.4 Å². The Morgan fingerprint density at radius 1 is 1.22 bits per heavy atom. The quantitative estimate of drug-likeness (QED) is 0.863. The normalized spacial score (nSPS) is 22.9. The third-order valence-corrected chi connectivity index (χ3v) is 4.03. The van der Waals surface area contributed by atoms with Crippen LogP contribution < -0.4 is 5.32 Å². The van der Waals surface area contributed by atoms with Gasteiger partial charge in [0.1, 0.15) is 0 Å². The molecular weight excluding hydrogens is 224 g/mol. The summed E-state index contributed by atoms with van der Waals surface area (Å²) in [7, 11) is 0. The average Bonchev–Trinajstić information content (AvgIpc) is 2.84. The number of hydrogen-bond acceptors (Lipinski definition) is 2. The molecule has 0 aromatic heterocycles. The second-order valence-corrected chi connectivity index (χ2v) is 5.37. The van der Waals surface area contributed by atoms with E-state index in [9.17, 15) is 4.79 Å². The topological polar surface area (TPSA) is 32.3 Å². The van der Waals surface area contributed by atoms with Gasteiger partial charge in [0, 0.05) is 25.6 Å². The minimum Gasteiger partial charge on any atom is -0.334 e. The molecule has 2 aliphatic rings. The molecule has 2 heterocycles. The van der Waals surface area contributed by atoms with Crippen LogP contribution in [-0.2, 0) is 17.9 Å². The van der Waals surface area contributed by atoms with Gasteiger partial charge < -0.3 is 10.2 Å². The molecule has 0 aliphatic carbocycles. The van der Waals surface area contributed by atoms with Crippen molar-refractivity contribution in [1.82, 2.24) is 10.2 Å². The highest BCUT2D eigenvalue weighted by molar-refractivity contribution is 5.77. The molecule has 1 aromatic rings. The van der Waals surface area contributed by atoms with E-state index in [1.807, 2.05) is 4.90 Å². The summed E-state index contributed by atoms with van der Waals surface area (Å²) in [6.07, 6.45) is 4.31. The fourth-order valence-corrected chi connectivity index (χ4v) is 2.95. The van der Waals surface area contributed by atoms with E-state index in [2.05, 4.69) is 29.6 Å². The van der Waals surface area contributed by atoms with Crippen molar-refractivity contribution in [2.45, 2.75) is 44.8 Å². The maximum absolute atomic E-state index is 12.3. The van der Waals surface area contributed by atoms with Gasteiger partial charge in [0.25, 0.3) is 0 Å². The highest BCUT2D eigenvalue weighted by atomic mass is 16.2. The molecule has 0 radical (unpaired) electrons. The molecule has 1 aromatic carbocycles. The van der Waals surface area contributed by atoms with Crippen LogP contribution in [0.1, 0.15) is 36.8 Å². The van der Waals surface area contributed by atoms with E-state index in [4.69, 9.17) is 0 Å². The first-order valence-corrected chi connectivity index (χ1v) is 6.91. The second kappa shape index (κ2) is 5.11. The van der Waals surface area contributed by atoms with Crippen molar-refractivity contribution in [2.24, 2.45) is 0 Å². The van der Waals surface area contributed by atoms with Gasteiger partial charge in [-0.1, -0.05) is 30.7 Å². The number of nitrogens with one attached hydrogen (secondary N) is 1. The first kappa shape index (κ1) is 11.7. The highest BCUT2D eigenvalue weighted by Gasteiger charge is 2.25. The Morgan fingerprint density at radius 3 is 2.56 bits per heavy atom. The predicted octanol–water partition coefficient (Wildman–Crippen LogP) is 2.06. The highest BCUT2D eigenvalue weighted by Crippen LogP contribution is 2.23. The minimum atomic E-state index is 0.297. The lowest BCUT2D eigenvalue weighted by Crippen LogP contribution is -2.39. The van der Waals surface area contributed by atoms with E-state index in [0.717, 1.165) is 26.1 Å². The fraction of sp³-hybridized carbons (Fsp3) is 0.533. The zero-order valence-electron chi connectivity index (χ0n) is 10.7. The summed E-state index contributed by atoms with van der Waals surface area (Å²) < 4.78 is 0. The van der Waals surface area contributed by atoms with Gasteiger partial charge in [-0.25, -0.2) is 0 Å². The number of carbonyl (C=O) groups excluding carboxylic acids is 1. The molecule has 18 heavy (non-hydrogen) atoms. The maximum atomic E-state index is 12.3.